The first kappa shape index (κ1) is 13.3. The first-order valence-corrected chi connectivity index (χ1v) is 7.41. The summed E-state index contributed by atoms with van der Waals surface area (Å²) in [7, 11) is 1.97. The molecule has 0 unspecified atom stereocenters. The van der Waals surface area contributed by atoms with Gasteiger partial charge in [0.2, 0.25) is 0 Å². The molecule has 1 N–H and O–H groups in total. The molecule has 3 nitrogen and oxygen atoms in total. The van der Waals surface area contributed by atoms with Gasteiger partial charge < -0.3 is 14.6 Å². The van der Waals surface area contributed by atoms with E-state index in [-0.39, 0.29) is 0 Å². The second-order valence-electron chi connectivity index (χ2n) is 5.41. The fourth-order valence-electron chi connectivity index (χ4n) is 2.96. The van der Waals surface area contributed by atoms with Crippen LogP contribution in [0, 0.1) is 0 Å². The third kappa shape index (κ3) is 2.73. The number of rotatable bonds is 4. The van der Waals surface area contributed by atoms with E-state index in [2.05, 4.69) is 40.5 Å². The van der Waals surface area contributed by atoms with Crippen molar-refractivity contribution < 1.29 is 4.42 Å². The third-order valence-electron chi connectivity index (χ3n) is 4.00. The highest BCUT2D eigenvalue weighted by atomic mass is 16.3. The molecule has 1 aliphatic heterocycles. The van der Waals surface area contributed by atoms with E-state index in [1.54, 1.807) is 6.26 Å². The van der Waals surface area contributed by atoms with E-state index in [4.69, 9.17) is 4.42 Å². The number of hydrogen-bond donors (Lipinski definition) is 1. The molecule has 2 aromatic rings. The van der Waals surface area contributed by atoms with Gasteiger partial charge in [-0.3, -0.25) is 0 Å². The number of benzene rings is 1. The van der Waals surface area contributed by atoms with Gasteiger partial charge in [0, 0.05) is 24.3 Å². The second-order valence-corrected chi connectivity index (χ2v) is 5.41. The molecule has 0 aliphatic carbocycles. The summed E-state index contributed by atoms with van der Waals surface area (Å²) in [5.41, 5.74) is 4.10. The van der Waals surface area contributed by atoms with Crippen molar-refractivity contribution >= 4 is 5.69 Å². The normalized spacial score (nSPS) is 14.9. The Hall–Kier alpha value is -1.74. The second kappa shape index (κ2) is 6.14. The standard InChI is InChI=1S/C17H22N2O/c1-18-12-15-9-11-20-17(15)13-19-10-5-4-7-14-6-2-3-8-16(14)19/h2-3,6,8-9,11,18H,4-5,7,10,12-13H2,1H3. The zero-order valence-corrected chi connectivity index (χ0v) is 12.1. The molecule has 0 amide bonds. The summed E-state index contributed by atoms with van der Waals surface area (Å²) < 4.78 is 5.69. The lowest BCUT2D eigenvalue weighted by molar-refractivity contribution is 0.494. The summed E-state index contributed by atoms with van der Waals surface area (Å²) >= 11 is 0. The Bertz CT molecular complexity index is 562. The predicted octanol–water partition coefficient (Wildman–Crippen LogP) is 3.34. The van der Waals surface area contributed by atoms with Crippen molar-refractivity contribution in [3.8, 4) is 0 Å². The SMILES string of the molecule is CNCc1ccoc1CN1CCCCc2ccccc21. The molecule has 0 bridgehead atoms. The van der Waals surface area contributed by atoms with Crippen LogP contribution in [-0.2, 0) is 19.5 Å². The van der Waals surface area contributed by atoms with Gasteiger partial charge in [-0.2, -0.15) is 0 Å². The molecule has 0 saturated heterocycles. The minimum absolute atomic E-state index is 0.862. The van der Waals surface area contributed by atoms with Gasteiger partial charge in [-0.15, -0.1) is 0 Å². The highest BCUT2D eigenvalue weighted by molar-refractivity contribution is 5.54. The van der Waals surface area contributed by atoms with Crippen LogP contribution in [0.25, 0.3) is 0 Å². The molecule has 1 aromatic carbocycles. The zero-order chi connectivity index (χ0) is 13.8. The van der Waals surface area contributed by atoms with Crippen LogP contribution in [0.5, 0.6) is 0 Å². The van der Waals surface area contributed by atoms with Crippen molar-refractivity contribution in [1.29, 1.82) is 0 Å². The average Bonchev–Trinajstić information content (AvgIpc) is 2.80. The van der Waals surface area contributed by atoms with Gasteiger partial charge >= 0.3 is 0 Å². The van der Waals surface area contributed by atoms with Crippen molar-refractivity contribution in [2.45, 2.75) is 32.4 Å². The van der Waals surface area contributed by atoms with Gasteiger partial charge in [-0.1, -0.05) is 18.2 Å². The fourth-order valence-corrected chi connectivity index (χ4v) is 2.96. The molecular formula is C17H22N2O. The number of aryl methyl sites for hydroxylation is 1. The minimum Gasteiger partial charge on any atom is -0.467 e. The van der Waals surface area contributed by atoms with Crippen LogP contribution in [-0.4, -0.2) is 13.6 Å². The van der Waals surface area contributed by atoms with Crippen LogP contribution >= 0.6 is 0 Å². The summed E-state index contributed by atoms with van der Waals surface area (Å²) in [5, 5.41) is 3.20. The molecule has 1 aliphatic rings. The number of furan rings is 1. The van der Waals surface area contributed by atoms with E-state index in [0.29, 0.717) is 0 Å². The quantitative estimate of drug-likeness (QED) is 0.923. The van der Waals surface area contributed by atoms with Crippen LogP contribution in [0.1, 0.15) is 29.7 Å². The maximum Gasteiger partial charge on any atom is 0.127 e. The number of fused-ring (bicyclic) bond motifs is 1. The van der Waals surface area contributed by atoms with Crippen LogP contribution in [0.15, 0.2) is 41.0 Å². The zero-order valence-electron chi connectivity index (χ0n) is 12.1. The van der Waals surface area contributed by atoms with Crippen molar-refractivity contribution in [3.05, 3.63) is 53.5 Å². The van der Waals surface area contributed by atoms with Crippen LogP contribution in [0.2, 0.25) is 0 Å². The van der Waals surface area contributed by atoms with Crippen LogP contribution in [0.4, 0.5) is 5.69 Å². The Morgan fingerprint density at radius 2 is 2.10 bits per heavy atom. The van der Waals surface area contributed by atoms with Gasteiger partial charge in [0.1, 0.15) is 5.76 Å². The molecule has 0 spiro atoms. The largest absolute Gasteiger partial charge is 0.467 e. The van der Waals surface area contributed by atoms with E-state index >= 15 is 0 Å². The molecule has 0 atom stereocenters. The lowest BCUT2D eigenvalue weighted by Crippen LogP contribution is -2.24. The molecule has 20 heavy (non-hydrogen) atoms. The fraction of sp³-hybridized carbons (Fsp3) is 0.412. The molecule has 0 saturated carbocycles. The Morgan fingerprint density at radius 1 is 1.20 bits per heavy atom. The number of nitrogens with zero attached hydrogens (tertiary/aromatic N) is 1. The van der Waals surface area contributed by atoms with E-state index in [1.165, 1.54) is 36.1 Å². The summed E-state index contributed by atoms with van der Waals surface area (Å²) in [5.74, 6) is 1.08. The van der Waals surface area contributed by atoms with Crippen molar-refractivity contribution in [1.82, 2.24) is 5.32 Å². The summed E-state index contributed by atoms with van der Waals surface area (Å²) in [6.07, 6.45) is 5.51. The number of nitrogens with one attached hydrogen (secondary N) is 1. The molecule has 1 aromatic heterocycles. The Morgan fingerprint density at radius 3 is 3.00 bits per heavy atom. The van der Waals surface area contributed by atoms with Gasteiger partial charge in [-0.25, -0.2) is 0 Å². The number of hydrogen-bond acceptors (Lipinski definition) is 3. The smallest absolute Gasteiger partial charge is 0.127 e. The molecule has 0 fully saturated rings. The van der Waals surface area contributed by atoms with E-state index in [9.17, 15) is 0 Å². The highest BCUT2D eigenvalue weighted by Crippen LogP contribution is 2.28. The van der Waals surface area contributed by atoms with Gasteiger partial charge in [-0.05, 0) is 44.0 Å². The minimum atomic E-state index is 0.862. The summed E-state index contributed by atoms with van der Waals surface area (Å²) in [4.78, 5) is 2.46. The predicted molar refractivity (Wildman–Crippen MR) is 81.9 cm³/mol. The van der Waals surface area contributed by atoms with Gasteiger partial charge in [0.25, 0.3) is 0 Å². The third-order valence-corrected chi connectivity index (χ3v) is 4.00. The molecule has 3 heteroatoms. The molecule has 3 rings (SSSR count). The van der Waals surface area contributed by atoms with E-state index < -0.39 is 0 Å². The van der Waals surface area contributed by atoms with E-state index in [0.717, 1.165) is 25.4 Å². The maximum absolute atomic E-state index is 5.69. The molecular weight excluding hydrogens is 248 g/mol. The molecule has 0 radical (unpaired) electrons. The molecule has 106 valence electrons. The van der Waals surface area contributed by atoms with Crippen LogP contribution < -0.4 is 10.2 Å². The summed E-state index contributed by atoms with van der Waals surface area (Å²) in [6, 6.07) is 10.8. The summed E-state index contributed by atoms with van der Waals surface area (Å²) in [6.45, 7) is 2.83. The topological polar surface area (TPSA) is 28.4 Å². The van der Waals surface area contributed by atoms with Gasteiger partial charge in [0.15, 0.2) is 0 Å². The first-order chi connectivity index (χ1) is 9.88. The van der Waals surface area contributed by atoms with Gasteiger partial charge in [0.05, 0.1) is 12.8 Å². The maximum atomic E-state index is 5.69. The lowest BCUT2D eigenvalue weighted by Gasteiger charge is -2.24. The Balaban J connectivity index is 1.85. The molecule has 2 heterocycles. The van der Waals surface area contributed by atoms with Crippen molar-refractivity contribution in [2.75, 3.05) is 18.5 Å². The monoisotopic (exact) mass is 270 g/mol. The van der Waals surface area contributed by atoms with Crippen molar-refractivity contribution in [2.24, 2.45) is 0 Å². The average molecular weight is 270 g/mol. The highest BCUT2D eigenvalue weighted by Gasteiger charge is 2.17. The van der Waals surface area contributed by atoms with E-state index in [1.807, 2.05) is 7.05 Å². The Labute approximate surface area is 120 Å². The number of para-hydroxylation sites is 1. The van der Waals surface area contributed by atoms with Crippen LogP contribution in [0.3, 0.4) is 0 Å². The lowest BCUT2D eigenvalue weighted by atomic mass is 10.1. The van der Waals surface area contributed by atoms with Crippen molar-refractivity contribution in [3.63, 3.8) is 0 Å². The first-order valence-electron chi connectivity index (χ1n) is 7.41. The number of anilines is 1. The Kier molecular flexibility index (Phi) is 4.07.